The van der Waals surface area contributed by atoms with Crippen LogP contribution in [0.5, 0.6) is 5.75 Å². The molecule has 3 aromatic carbocycles. The lowest BCUT2D eigenvalue weighted by atomic mass is 9.72. The Morgan fingerprint density at radius 3 is 2.10 bits per heavy atom. The molecule has 2 nitrogen and oxygen atoms in total. The van der Waals surface area contributed by atoms with E-state index in [1.165, 1.54) is 13.8 Å². The lowest BCUT2D eigenvalue weighted by Gasteiger charge is -2.38. The van der Waals surface area contributed by atoms with Crippen LogP contribution in [-0.2, 0) is 11.8 Å². The summed E-state index contributed by atoms with van der Waals surface area (Å²) in [4.78, 5) is 0. The van der Waals surface area contributed by atoms with Crippen molar-refractivity contribution in [1.29, 1.82) is 0 Å². The van der Waals surface area contributed by atoms with Crippen molar-refractivity contribution in [2.45, 2.75) is 43.9 Å². The Balaban J connectivity index is 2.03. The molecule has 0 aliphatic heterocycles. The summed E-state index contributed by atoms with van der Waals surface area (Å²) in [6.45, 7) is 2.89. The van der Waals surface area contributed by atoms with Crippen molar-refractivity contribution < 1.29 is 27.8 Å². The Bertz CT molecular complexity index is 1040. The summed E-state index contributed by atoms with van der Waals surface area (Å²) >= 11 is 0. The van der Waals surface area contributed by atoms with Gasteiger partial charge in [0.1, 0.15) is 11.6 Å². The molecule has 0 heterocycles. The Hall–Kier alpha value is -2.86. The van der Waals surface area contributed by atoms with E-state index in [0.29, 0.717) is 11.1 Å². The molecule has 0 amide bonds. The third-order valence-corrected chi connectivity index (χ3v) is 5.53. The fraction of sp³-hybridized carbons (Fsp3) is 0.280. The van der Waals surface area contributed by atoms with E-state index in [-0.39, 0.29) is 11.3 Å². The van der Waals surface area contributed by atoms with Gasteiger partial charge < -0.3 is 10.2 Å². The zero-order valence-corrected chi connectivity index (χ0v) is 17.2. The summed E-state index contributed by atoms with van der Waals surface area (Å²) in [6.07, 6.45) is -6.39. The van der Waals surface area contributed by atoms with Crippen LogP contribution < -0.4 is 0 Å². The number of phenolic OH excluding ortho intramolecular Hbond substituents is 1. The van der Waals surface area contributed by atoms with E-state index in [2.05, 4.69) is 0 Å². The first-order valence-corrected chi connectivity index (χ1v) is 9.84. The quantitative estimate of drug-likeness (QED) is 0.443. The highest BCUT2D eigenvalue weighted by Gasteiger charge is 2.56. The van der Waals surface area contributed by atoms with Crippen LogP contribution >= 0.6 is 0 Å². The predicted octanol–water partition coefficient (Wildman–Crippen LogP) is 6.40. The molecule has 2 N–H and O–H groups in total. The van der Waals surface area contributed by atoms with Crippen LogP contribution in [0.4, 0.5) is 17.6 Å². The largest absolute Gasteiger partial charge is 0.508 e. The molecule has 0 aliphatic rings. The Morgan fingerprint density at radius 2 is 1.45 bits per heavy atom. The van der Waals surface area contributed by atoms with Gasteiger partial charge in [-0.1, -0.05) is 68.4 Å². The second-order valence-corrected chi connectivity index (χ2v) is 8.45. The highest BCUT2D eigenvalue weighted by molar-refractivity contribution is 5.67. The fourth-order valence-electron chi connectivity index (χ4n) is 4.03. The maximum atomic E-state index is 14.2. The number of aliphatic hydroxyl groups is 1. The number of hydrogen-bond acceptors (Lipinski definition) is 2. The molecule has 0 saturated carbocycles. The van der Waals surface area contributed by atoms with Crippen LogP contribution in [0.1, 0.15) is 31.4 Å². The minimum atomic E-state index is -4.95. The summed E-state index contributed by atoms with van der Waals surface area (Å²) in [5, 5.41) is 21.1. The zero-order chi connectivity index (χ0) is 22.9. The first-order valence-electron chi connectivity index (χ1n) is 9.84. The van der Waals surface area contributed by atoms with Crippen molar-refractivity contribution in [1.82, 2.24) is 0 Å². The van der Waals surface area contributed by atoms with E-state index < -0.39 is 35.9 Å². The average molecular weight is 432 g/mol. The van der Waals surface area contributed by atoms with Gasteiger partial charge in [-0.15, -0.1) is 0 Å². The third-order valence-electron chi connectivity index (χ3n) is 5.53. The fourth-order valence-corrected chi connectivity index (χ4v) is 4.03. The summed E-state index contributed by atoms with van der Waals surface area (Å²) in [5.74, 6) is -0.994. The summed E-state index contributed by atoms with van der Waals surface area (Å²) in [7, 11) is 0. The van der Waals surface area contributed by atoms with Crippen molar-refractivity contribution in [3.8, 4) is 16.9 Å². The van der Waals surface area contributed by atoms with E-state index in [9.17, 15) is 27.8 Å². The summed E-state index contributed by atoms with van der Waals surface area (Å²) < 4.78 is 56.2. The van der Waals surface area contributed by atoms with Gasteiger partial charge in [-0.2, -0.15) is 13.2 Å². The molecule has 3 rings (SSSR count). The number of phenols is 1. The van der Waals surface area contributed by atoms with Crippen LogP contribution in [0.2, 0.25) is 0 Å². The van der Waals surface area contributed by atoms with Crippen LogP contribution in [-0.4, -0.2) is 22.0 Å². The van der Waals surface area contributed by atoms with Gasteiger partial charge in [0.05, 0.1) is 0 Å². The van der Waals surface area contributed by atoms with Crippen LogP contribution in [0.3, 0.4) is 0 Å². The number of hydrogen-bond donors (Lipinski definition) is 2. The van der Waals surface area contributed by atoms with Gasteiger partial charge in [-0.3, -0.25) is 0 Å². The van der Waals surface area contributed by atoms with E-state index in [1.54, 1.807) is 48.5 Å². The first-order chi connectivity index (χ1) is 14.4. The number of halogens is 4. The van der Waals surface area contributed by atoms with Gasteiger partial charge in [0.15, 0.2) is 5.60 Å². The second kappa shape index (κ2) is 8.35. The van der Waals surface area contributed by atoms with Crippen LogP contribution in [0, 0.1) is 5.82 Å². The van der Waals surface area contributed by atoms with E-state index in [1.807, 2.05) is 6.07 Å². The van der Waals surface area contributed by atoms with Gasteiger partial charge in [-0.05, 0) is 46.7 Å². The Kier molecular flexibility index (Phi) is 6.14. The number of benzene rings is 3. The van der Waals surface area contributed by atoms with E-state index in [0.717, 1.165) is 23.8 Å². The van der Waals surface area contributed by atoms with Crippen LogP contribution in [0.15, 0.2) is 72.8 Å². The van der Waals surface area contributed by atoms with Crippen LogP contribution in [0.25, 0.3) is 11.1 Å². The normalized spacial score (nSPS) is 14.3. The first kappa shape index (κ1) is 22.8. The van der Waals surface area contributed by atoms with Gasteiger partial charge >= 0.3 is 6.18 Å². The molecule has 31 heavy (non-hydrogen) atoms. The van der Waals surface area contributed by atoms with Gasteiger partial charge in [-0.25, -0.2) is 4.39 Å². The van der Waals surface area contributed by atoms with Crippen molar-refractivity contribution in [2.24, 2.45) is 0 Å². The zero-order valence-electron chi connectivity index (χ0n) is 17.2. The summed E-state index contributed by atoms with van der Waals surface area (Å²) in [6, 6.07) is 18.7. The van der Waals surface area contributed by atoms with E-state index >= 15 is 0 Å². The topological polar surface area (TPSA) is 40.5 Å². The minimum Gasteiger partial charge on any atom is -0.508 e. The summed E-state index contributed by atoms with van der Waals surface area (Å²) in [5.41, 5.74) is -2.78. The molecular weight excluding hydrogens is 408 g/mol. The molecule has 0 fully saturated rings. The lowest BCUT2D eigenvalue weighted by molar-refractivity contribution is -0.266. The average Bonchev–Trinajstić information content (AvgIpc) is 2.69. The van der Waals surface area contributed by atoms with Crippen molar-refractivity contribution in [2.75, 3.05) is 0 Å². The molecule has 0 radical (unpaired) electrons. The monoisotopic (exact) mass is 432 g/mol. The molecule has 0 aromatic heterocycles. The molecule has 0 spiro atoms. The Morgan fingerprint density at radius 1 is 0.839 bits per heavy atom. The minimum absolute atomic E-state index is 0.00604. The van der Waals surface area contributed by atoms with Crippen molar-refractivity contribution in [3.05, 3.63) is 89.7 Å². The maximum absolute atomic E-state index is 14.2. The molecular formula is C25H24F4O2. The van der Waals surface area contributed by atoms with Crippen molar-refractivity contribution >= 4 is 0 Å². The highest BCUT2D eigenvalue weighted by atomic mass is 19.4. The molecule has 0 bridgehead atoms. The molecule has 3 aromatic rings. The standard InChI is InChI=1S/C25H24F4O2/c1-23(2,21-14-19(26)12-13-22(21)30)16-24(31,25(27,28)29)15-18-10-6-7-11-20(18)17-8-4-3-5-9-17/h3-14,30-31H,15-16H2,1-2H3. The molecule has 1 unspecified atom stereocenters. The lowest BCUT2D eigenvalue weighted by Crippen LogP contribution is -2.50. The van der Waals surface area contributed by atoms with Crippen molar-refractivity contribution in [3.63, 3.8) is 0 Å². The maximum Gasteiger partial charge on any atom is 0.417 e. The Labute approximate surface area is 178 Å². The molecule has 0 aliphatic carbocycles. The van der Waals surface area contributed by atoms with Gasteiger partial charge in [0.2, 0.25) is 0 Å². The molecule has 0 saturated heterocycles. The van der Waals surface area contributed by atoms with E-state index in [4.69, 9.17) is 0 Å². The molecule has 1 atom stereocenters. The predicted molar refractivity (Wildman–Crippen MR) is 112 cm³/mol. The SMILES string of the molecule is CC(C)(CC(O)(Cc1ccccc1-c1ccccc1)C(F)(F)F)c1cc(F)ccc1O. The smallest absolute Gasteiger partial charge is 0.417 e. The highest BCUT2D eigenvalue weighted by Crippen LogP contribution is 2.45. The van der Waals surface area contributed by atoms with Gasteiger partial charge in [0, 0.05) is 12.0 Å². The molecule has 6 heteroatoms. The second-order valence-electron chi connectivity index (χ2n) is 8.45. The third kappa shape index (κ3) is 4.90. The number of alkyl halides is 3. The number of rotatable bonds is 6. The number of aromatic hydroxyl groups is 1. The van der Waals surface area contributed by atoms with Gasteiger partial charge in [0.25, 0.3) is 0 Å². The molecule has 164 valence electrons.